The number of hydrogen-bond donors (Lipinski definition) is 0. The van der Waals surface area contributed by atoms with Crippen molar-refractivity contribution in [2.24, 2.45) is 0 Å². The molecule has 0 atom stereocenters. The molecule has 3 rings (SSSR count). The van der Waals surface area contributed by atoms with Crippen molar-refractivity contribution in [1.82, 2.24) is 20.3 Å². The van der Waals surface area contributed by atoms with Gasteiger partial charge in [0.15, 0.2) is 0 Å². The number of nitrogens with zero attached hydrogens (tertiary/aromatic N) is 4. The minimum atomic E-state index is 0.292. The van der Waals surface area contributed by atoms with E-state index in [1.807, 2.05) is 32.0 Å². The van der Waals surface area contributed by atoms with Gasteiger partial charge in [0, 0.05) is 24.0 Å². The molecule has 3 aromatic rings. The van der Waals surface area contributed by atoms with Crippen LogP contribution in [0.4, 0.5) is 0 Å². The first-order chi connectivity index (χ1) is 9.24. The zero-order chi connectivity index (χ0) is 13.2. The highest BCUT2D eigenvalue weighted by atomic mass is 16.5. The lowest BCUT2D eigenvalue weighted by Crippen LogP contribution is -1.84. The molecule has 0 saturated carbocycles. The summed E-state index contributed by atoms with van der Waals surface area (Å²) in [7, 11) is 0. The van der Waals surface area contributed by atoms with Gasteiger partial charge in [-0.3, -0.25) is 4.98 Å². The Bertz CT molecular complexity index is 673. The first kappa shape index (κ1) is 11.6. The second-order valence-electron chi connectivity index (χ2n) is 4.43. The Hall–Kier alpha value is -2.50. The Balaban J connectivity index is 1.92. The number of pyridine rings is 1. The highest BCUT2D eigenvalue weighted by Gasteiger charge is 2.16. The quantitative estimate of drug-likeness (QED) is 0.717. The number of hydrogen-bond acceptors (Lipinski definition) is 6. The lowest BCUT2D eigenvalue weighted by Gasteiger charge is -1.92. The molecule has 0 aromatic carbocycles. The predicted molar refractivity (Wildman–Crippen MR) is 67.1 cm³/mol. The third-order valence-electron chi connectivity index (χ3n) is 2.70. The highest BCUT2D eigenvalue weighted by molar-refractivity contribution is 5.56. The molecular formula is C13H12N4O2. The van der Waals surface area contributed by atoms with Crippen LogP contribution in [0.5, 0.6) is 0 Å². The first-order valence-corrected chi connectivity index (χ1v) is 5.95. The summed E-state index contributed by atoms with van der Waals surface area (Å²) in [5.74, 6) is 1.60. The maximum Gasteiger partial charge on any atom is 0.296 e. The van der Waals surface area contributed by atoms with Gasteiger partial charge in [0.2, 0.25) is 11.6 Å². The van der Waals surface area contributed by atoms with Crippen molar-refractivity contribution < 1.29 is 9.05 Å². The Kier molecular flexibility index (Phi) is 2.83. The molecule has 6 heteroatoms. The molecule has 19 heavy (non-hydrogen) atoms. The summed E-state index contributed by atoms with van der Waals surface area (Å²) in [5, 5.41) is 7.88. The molecule has 3 aromatic heterocycles. The van der Waals surface area contributed by atoms with Gasteiger partial charge in [0.05, 0.1) is 5.69 Å². The molecule has 6 nitrogen and oxygen atoms in total. The monoisotopic (exact) mass is 256 g/mol. The summed E-state index contributed by atoms with van der Waals surface area (Å²) in [6, 6.07) is 5.44. The van der Waals surface area contributed by atoms with Crippen LogP contribution in [-0.4, -0.2) is 20.3 Å². The molecule has 96 valence electrons. The molecule has 0 bridgehead atoms. The molecule has 3 heterocycles. The SMILES string of the molecule is CC(C)c1cc(-c2nc(-c3ccncc3)no2)on1. The van der Waals surface area contributed by atoms with Gasteiger partial charge in [0.25, 0.3) is 5.89 Å². The van der Waals surface area contributed by atoms with E-state index in [0.29, 0.717) is 23.4 Å². The molecule has 0 amide bonds. The van der Waals surface area contributed by atoms with Crippen molar-refractivity contribution in [3.05, 3.63) is 36.3 Å². The van der Waals surface area contributed by atoms with Crippen LogP contribution in [0, 0.1) is 0 Å². The van der Waals surface area contributed by atoms with Crippen LogP contribution in [0.15, 0.2) is 39.6 Å². The van der Waals surface area contributed by atoms with Crippen LogP contribution in [0.3, 0.4) is 0 Å². The summed E-state index contributed by atoms with van der Waals surface area (Å²) in [4.78, 5) is 8.23. The summed E-state index contributed by atoms with van der Waals surface area (Å²) < 4.78 is 10.4. The summed E-state index contributed by atoms with van der Waals surface area (Å²) in [5.41, 5.74) is 1.70. The van der Waals surface area contributed by atoms with E-state index in [1.165, 1.54) is 0 Å². The normalized spacial score (nSPS) is 11.1. The zero-order valence-corrected chi connectivity index (χ0v) is 10.6. The Morgan fingerprint density at radius 1 is 1.05 bits per heavy atom. The summed E-state index contributed by atoms with van der Waals surface area (Å²) >= 11 is 0. The van der Waals surface area contributed by atoms with E-state index in [1.54, 1.807) is 12.4 Å². The van der Waals surface area contributed by atoms with Crippen molar-refractivity contribution in [2.75, 3.05) is 0 Å². The first-order valence-electron chi connectivity index (χ1n) is 5.95. The van der Waals surface area contributed by atoms with E-state index in [0.717, 1.165) is 11.3 Å². The van der Waals surface area contributed by atoms with Crippen LogP contribution >= 0.6 is 0 Å². The van der Waals surface area contributed by atoms with E-state index in [9.17, 15) is 0 Å². The molecule has 0 N–H and O–H groups in total. The molecule has 0 saturated heterocycles. The van der Waals surface area contributed by atoms with E-state index in [4.69, 9.17) is 9.05 Å². The van der Waals surface area contributed by atoms with Gasteiger partial charge in [-0.15, -0.1) is 0 Å². The molecule has 0 spiro atoms. The summed E-state index contributed by atoms with van der Waals surface area (Å²) in [6.45, 7) is 4.08. The average Bonchev–Trinajstić information content (AvgIpc) is 3.09. The predicted octanol–water partition coefficient (Wildman–Crippen LogP) is 2.91. The van der Waals surface area contributed by atoms with Crippen LogP contribution in [0.25, 0.3) is 23.0 Å². The largest absolute Gasteiger partial charge is 0.351 e. The molecule has 0 aliphatic rings. The topological polar surface area (TPSA) is 77.8 Å². The van der Waals surface area contributed by atoms with E-state index < -0.39 is 0 Å². The van der Waals surface area contributed by atoms with Crippen molar-refractivity contribution >= 4 is 0 Å². The van der Waals surface area contributed by atoms with E-state index in [2.05, 4.69) is 20.3 Å². The molecular weight excluding hydrogens is 244 g/mol. The standard InChI is InChI=1S/C13H12N4O2/c1-8(2)10-7-11(18-16-10)13-15-12(17-19-13)9-3-5-14-6-4-9/h3-8H,1-2H3. The second kappa shape index (κ2) is 4.64. The minimum Gasteiger partial charge on any atom is -0.351 e. The van der Waals surface area contributed by atoms with Crippen molar-refractivity contribution in [2.45, 2.75) is 19.8 Å². The molecule has 0 unspecified atom stereocenters. The van der Waals surface area contributed by atoms with Gasteiger partial charge >= 0.3 is 0 Å². The minimum absolute atomic E-state index is 0.292. The molecule has 0 fully saturated rings. The van der Waals surface area contributed by atoms with Gasteiger partial charge in [0.1, 0.15) is 0 Å². The van der Waals surface area contributed by atoms with Gasteiger partial charge in [-0.25, -0.2) is 0 Å². The van der Waals surface area contributed by atoms with Crippen LogP contribution in [-0.2, 0) is 0 Å². The second-order valence-corrected chi connectivity index (χ2v) is 4.43. The van der Waals surface area contributed by atoms with Crippen molar-refractivity contribution in [3.63, 3.8) is 0 Å². The molecule has 0 aliphatic carbocycles. The van der Waals surface area contributed by atoms with Gasteiger partial charge < -0.3 is 9.05 Å². The van der Waals surface area contributed by atoms with Gasteiger partial charge in [-0.1, -0.05) is 24.2 Å². The van der Waals surface area contributed by atoms with E-state index in [-0.39, 0.29) is 0 Å². The van der Waals surface area contributed by atoms with E-state index >= 15 is 0 Å². The Morgan fingerprint density at radius 3 is 2.53 bits per heavy atom. The number of aromatic nitrogens is 4. The third kappa shape index (κ3) is 2.24. The maximum absolute atomic E-state index is 5.20. The Labute approximate surface area is 109 Å². The zero-order valence-electron chi connectivity index (χ0n) is 10.6. The average molecular weight is 256 g/mol. The molecule has 0 radical (unpaired) electrons. The van der Waals surface area contributed by atoms with Crippen LogP contribution in [0.1, 0.15) is 25.5 Å². The lowest BCUT2D eigenvalue weighted by molar-refractivity contribution is 0.380. The van der Waals surface area contributed by atoms with Crippen molar-refractivity contribution in [3.8, 4) is 23.0 Å². The highest BCUT2D eigenvalue weighted by Crippen LogP contribution is 2.24. The van der Waals surface area contributed by atoms with Gasteiger partial charge in [-0.05, 0) is 18.1 Å². The smallest absolute Gasteiger partial charge is 0.296 e. The fourth-order valence-electron chi connectivity index (χ4n) is 1.60. The van der Waals surface area contributed by atoms with Gasteiger partial charge in [-0.2, -0.15) is 4.98 Å². The molecule has 0 aliphatic heterocycles. The maximum atomic E-state index is 5.20. The lowest BCUT2D eigenvalue weighted by atomic mass is 10.1. The fraction of sp³-hybridized carbons (Fsp3) is 0.231. The van der Waals surface area contributed by atoms with Crippen LogP contribution < -0.4 is 0 Å². The third-order valence-corrected chi connectivity index (χ3v) is 2.70. The van der Waals surface area contributed by atoms with Crippen LogP contribution in [0.2, 0.25) is 0 Å². The van der Waals surface area contributed by atoms with Crippen molar-refractivity contribution in [1.29, 1.82) is 0 Å². The number of rotatable bonds is 3. The Morgan fingerprint density at radius 2 is 1.84 bits per heavy atom. The summed E-state index contributed by atoms with van der Waals surface area (Å²) in [6.07, 6.45) is 3.35. The fourth-order valence-corrected chi connectivity index (χ4v) is 1.60.